The molecular formula is C12H17FN2O2S. The van der Waals surface area contributed by atoms with E-state index in [9.17, 15) is 12.8 Å². The van der Waals surface area contributed by atoms with Gasteiger partial charge in [0.25, 0.3) is 10.2 Å². The van der Waals surface area contributed by atoms with Crippen LogP contribution in [0.2, 0.25) is 0 Å². The molecule has 1 aromatic rings. The molecule has 4 nitrogen and oxygen atoms in total. The first-order valence-corrected chi connectivity index (χ1v) is 7.33. The summed E-state index contributed by atoms with van der Waals surface area (Å²) >= 11 is 0. The molecule has 1 aliphatic heterocycles. The Morgan fingerprint density at radius 3 is 2.78 bits per heavy atom. The summed E-state index contributed by atoms with van der Waals surface area (Å²) in [7, 11) is -1.87. The van der Waals surface area contributed by atoms with Gasteiger partial charge in [0.05, 0.1) is 0 Å². The van der Waals surface area contributed by atoms with Crippen molar-refractivity contribution < 1.29 is 12.8 Å². The molecule has 0 radical (unpaired) electrons. The first kappa shape index (κ1) is 13.5. The maximum absolute atomic E-state index is 13.2. The van der Waals surface area contributed by atoms with Gasteiger partial charge in [0, 0.05) is 26.7 Å². The molecule has 0 saturated heterocycles. The van der Waals surface area contributed by atoms with Crippen LogP contribution in [0.1, 0.15) is 18.1 Å². The van der Waals surface area contributed by atoms with E-state index in [0.29, 0.717) is 19.5 Å². The van der Waals surface area contributed by atoms with E-state index < -0.39 is 10.2 Å². The molecule has 0 atom stereocenters. The predicted molar refractivity (Wildman–Crippen MR) is 67.7 cm³/mol. The van der Waals surface area contributed by atoms with Crippen LogP contribution in [-0.4, -0.2) is 37.2 Å². The maximum Gasteiger partial charge on any atom is 0.282 e. The van der Waals surface area contributed by atoms with Crippen molar-refractivity contribution in [2.24, 2.45) is 0 Å². The van der Waals surface area contributed by atoms with Gasteiger partial charge in [-0.2, -0.15) is 17.0 Å². The SMILES string of the molecule is CCN(C)S(=O)(=O)N1CCc2ccc(F)cc2C1. The zero-order valence-electron chi connectivity index (χ0n) is 10.6. The highest BCUT2D eigenvalue weighted by Crippen LogP contribution is 2.22. The second-order valence-corrected chi connectivity index (χ2v) is 6.45. The molecule has 0 unspecified atom stereocenters. The van der Waals surface area contributed by atoms with Gasteiger partial charge < -0.3 is 0 Å². The van der Waals surface area contributed by atoms with Crippen LogP contribution in [0.5, 0.6) is 0 Å². The third-order valence-corrected chi connectivity index (χ3v) is 5.32. The molecule has 0 saturated carbocycles. The number of hydrogen-bond donors (Lipinski definition) is 0. The molecule has 1 heterocycles. The monoisotopic (exact) mass is 272 g/mol. The number of nitrogens with zero attached hydrogens (tertiary/aromatic N) is 2. The minimum Gasteiger partial charge on any atom is -0.207 e. The van der Waals surface area contributed by atoms with Crippen LogP contribution in [0.25, 0.3) is 0 Å². The lowest BCUT2D eigenvalue weighted by molar-refractivity contribution is 0.348. The molecular weight excluding hydrogens is 255 g/mol. The Hall–Kier alpha value is -0.980. The van der Waals surface area contributed by atoms with Gasteiger partial charge in [-0.15, -0.1) is 0 Å². The summed E-state index contributed by atoms with van der Waals surface area (Å²) in [6.45, 7) is 2.91. The Bertz CT molecular complexity index is 545. The molecule has 0 aromatic heterocycles. The fourth-order valence-electron chi connectivity index (χ4n) is 2.06. The quantitative estimate of drug-likeness (QED) is 0.834. The molecule has 2 rings (SSSR count). The van der Waals surface area contributed by atoms with Crippen LogP contribution >= 0.6 is 0 Å². The van der Waals surface area contributed by atoms with E-state index in [1.165, 1.54) is 20.7 Å². The van der Waals surface area contributed by atoms with Crippen molar-refractivity contribution in [3.63, 3.8) is 0 Å². The normalized spacial score (nSPS) is 16.9. The molecule has 18 heavy (non-hydrogen) atoms. The molecule has 0 N–H and O–H groups in total. The van der Waals surface area contributed by atoms with Gasteiger partial charge in [0.15, 0.2) is 0 Å². The minimum absolute atomic E-state index is 0.250. The topological polar surface area (TPSA) is 40.6 Å². The van der Waals surface area contributed by atoms with Crippen molar-refractivity contribution in [3.05, 3.63) is 35.1 Å². The second kappa shape index (κ2) is 4.95. The number of hydrogen-bond acceptors (Lipinski definition) is 2. The number of rotatable bonds is 3. The number of halogens is 1. The van der Waals surface area contributed by atoms with Crippen LogP contribution in [0.3, 0.4) is 0 Å². The van der Waals surface area contributed by atoms with E-state index in [4.69, 9.17) is 0 Å². The lowest BCUT2D eigenvalue weighted by atomic mass is 10.0. The number of fused-ring (bicyclic) bond motifs is 1. The fourth-order valence-corrected chi connectivity index (χ4v) is 3.40. The standard InChI is InChI=1S/C12H17FN2O2S/c1-3-14(2)18(16,17)15-7-6-10-4-5-12(13)8-11(10)9-15/h4-5,8H,3,6-7,9H2,1-2H3. The summed E-state index contributed by atoms with van der Waals surface area (Å²) in [6.07, 6.45) is 0.631. The third kappa shape index (κ3) is 2.41. The van der Waals surface area contributed by atoms with E-state index in [1.807, 2.05) is 0 Å². The Kier molecular flexibility index (Phi) is 3.70. The summed E-state index contributed by atoms with van der Waals surface area (Å²) in [4.78, 5) is 0. The van der Waals surface area contributed by atoms with Crippen LogP contribution in [0.4, 0.5) is 4.39 Å². The molecule has 1 aromatic carbocycles. The van der Waals surface area contributed by atoms with Crippen molar-refractivity contribution in [2.75, 3.05) is 20.1 Å². The van der Waals surface area contributed by atoms with E-state index in [-0.39, 0.29) is 12.4 Å². The first-order chi connectivity index (χ1) is 8.45. The highest BCUT2D eigenvalue weighted by atomic mass is 32.2. The molecule has 0 spiro atoms. The zero-order valence-corrected chi connectivity index (χ0v) is 11.4. The molecule has 1 aliphatic rings. The predicted octanol–water partition coefficient (Wildman–Crippen LogP) is 1.38. The Labute approximate surface area is 107 Å². The average Bonchev–Trinajstić information content (AvgIpc) is 2.36. The average molecular weight is 272 g/mol. The fraction of sp³-hybridized carbons (Fsp3) is 0.500. The summed E-state index contributed by atoms with van der Waals surface area (Å²) in [6, 6.07) is 4.57. The molecule has 100 valence electrons. The lowest BCUT2D eigenvalue weighted by Crippen LogP contribution is -2.44. The van der Waals surface area contributed by atoms with E-state index >= 15 is 0 Å². The van der Waals surface area contributed by atoms with Crippen LogP contribution in [-0.2, 0) is 23.2 Å². The molecule has 0 amide bonds. The highest BCUT2D eigenvalue weighted by molar-refractivity contribution is 7.86. The summed E-state index contributed by atoms with van der Waals surface area (Å²) in [5.74, 6) is -0.322. The maximum atomic E-state index is 13.2. The van der Waals surface area contributed by atoms with Gasteiger partial charge in [0.1, 0.15) is 5.82 Å². The van der Waals surface area contributed by atoms with Gasteiger partial charge in [-0.05, 0) is 29.7 Å². The van der Waals surface area contributed by atoms with Crippen molar-refractivity contribution in [1.29, 1.82) is 0 Å². The van der Waals surface area contributed by atoms with Gasteiger partial charge in [-0.1, -0.05) is 13.0 Å². The third-order valence-electron chi connectivity index (χ3n) is 3.31. The van der Waals surface area contributed by atoms with E-state index in [2.05, 4.69) is 0 Å². The van der Waals surface area contributed by atoms with Crippen molar-refractivity contribution in [2.45, 2.75) is 19.9 Å². The van der Waals surface area contributed by atoms with Crippen LogP contribution in [0, 0.1) is 5.82 Å². The van der Waals surface area contributed by atoms with Crippen LogP contribution < -0.4 is 0 Å². The van der Waals surface area contributed by atoms with Gasteiger partial charge >= 0.3 is 0 Å². The summed E-state index contributed by atoms with van der Waals surface area (Å²) in [5, 5.41) is 0. The smallest absolute Gasteiger partial charge is 0.207 e. The Morgan fingerprint density at radius 2 is 2.11 bits per heavy atom. The van der Waals surface area contributed by atoms with Gasteiger partial charge in [-0.25, -0.2) is 4.39 Å². The van der Waals surface area contributed by atoms with E-state index in [0.717, 1.165) is 11.1 Å². The first-order valence-electron chi connectivity index (χ1n) is 5.94. The van der Waals surface area contributed by atoms with Crippen LogP contribution in [0.15, 0.2) is 18.2 Å². The van der Waals surface area contributed by atoms with Crippen molar-refractivity contribution in [3.8, 4) is 0 Å². The Morgan fingerprint density at radius 1 is 1.39 bits per heavy atom. The molecule has 0 bridgehead atoms. The lowest BCUT2D eigenvalue weighted by Gasteiger charge is -2.31. The molecule has 0 aliphatic carbocycles. The molecule has 6 heteroatoms. The summed E-state index contributed by atoms with van der Waals surface area (Å²) < 4.78 is 40.2. The van der Waals surface area contributed by atoms with Gasteiger partial charge in [0.2, 0.25) is 0 Å². The van der Waals surface area contributed by atoms with Crippen molar-refractivity contribution in [1.82, 2.24) is 8.61 Å². The highest BCUT2D eigenvalue weighted by Gasteiger charge is 2.29. The Balaban J connectivity index is 2.27. The molecule has 0 fully saturated rings. The van der Waals surface area contributed by atoms with Crippen molar-refractivity contribution >= 4 is 10.2 Å². The van der Waals surface area contributed by atoms with Gasteiger partial charge in [-0.3, -0.25) is 0 Å². The largest absolute Gasteiger partial charge is 0.282 e. The van der Waals surface area contributed by atoms with E-state index in [1.54, 1.807) is 20.0 Å². The summed E-state index contributed by atoms with van der Waals surface area (Å²) in [5.41, 5.74) is 1.79. The number of benzene rings is 1. The zero-order chi connectivity index (χ0) is 13.3. The second-order valence-electron chi connectivity index (χ2n) is 4.42. The minimum atomic E-state index is -3.42.